The number of para-hydroxylation sites is 3. The predicted molar refractivity (Wildman–Crippen MR) is 450 cm³/mol. The maximum atomic E-state index is 6.99. The first-order valence-corrected chi connectivity index (χ1v) is 37.0. The molecule has 0 spiro atoms. The van der Waals surface area contributed by atoms with Gasteiger partial charge in [0, 0.05) is 91.7 Å². The van der Waals surface area contributed by atoms with Gasteiger partial charge in [0.2, 0.25) is 0 Å². The van der Waals surface area contributed by atoms with Crippen LogP contribution in [-0.4, -0.2) is 13.2 Å². The molecule has 0 atom stereocenters. The first kappa shape index (κ1) is 56.3. The third-order valence-corrected chi connectivity index (χ3v) is 24.4. The molecule has 490 valence electrons. The molecule has 8 aromatic heterocycles. The van der Waals surface area contributed by atoms with E-state index in [1.54, 1.807) is 0 Å². The van der Waals surface area contributed by atoms with Gasteiger partial charge in [0.15, 0.2) is 0 Å². The van der Waals surface area contributed by atoms with Gasteiger partial charge in [-0.15, -0.1) is 0 Å². The van der Waals surface area contributed by atoms with Gasteiger partial charge < -0.3 is 22.0 Å². The van der Waals surface area contributed by atoms with Gasteiger partial charge in [0.25, 0.3) is 0 Å². The molecule has 0 saturated heterocycles. The molecule has 26 aromatic rings. The van der Waals surface area contributed by atoms with E-state index in [-0.39, 0.29) is 0 Å². The van der Waals surface area contributed by atoms with Crippen LogP contribution in [0.25, 0.3) is 257 Å². The Morgan fingerprint density at radius 2 is 0.561 bits per heavy atom. The van der Waals surface area contributed by atoms with Crippen molar-refractivity contribution >= 4 is 190 Å². The fourth-order valence-corrected chi connectivity index (χ4v) is 19.7. The second kappa shape index (κ2) is 20.3. The summed E-state index contributed by atoms with van der Waals surface area (Å²) in [6.07, 6.45) is 0. The van der Waals surface area contributed by atoms with Crippen LogP contribution in [0.1, 0.15) is 0 Å². The number of rotatable bonds is 6. The van der Waals surface area contributed by atoms with Crippen LogP contribution < -0.4 is 0 Å². The minimum Gasteiger partial charge on any atom is -0.456 e. The normalized spacial score (nSPS) is 12.7. The summed E-state index contributed by atoms with van der Waals surface area (Å²) in [5.74, 6) is 0. The first-order valence-electron chi connectivity index (χ1n) is 37.0. The Balaban J connectivity index is 0.560. The third kappa shape index (κ3) is 7.46. The summed E-state index contributed by atoms with van der Waals surface area (Å²) in [6, 6.07) is 124. The van der Waals surface area contributed by atoms with Crippen molar-refractivity contribution in [3.8, 4) is 66.8 Å². The highest BCUT2D eigenvalue weighted by atomic mass is 16.3. The molecule has 26 rings (SSSR count). The molecule has 107 heavy (non-hydrogen) atoms. The molecule has 5 nitrogen and oxygen atoms in total. The summed E-state index contributed by atoms with van der Waals surface area (Å²) in [6.45, 7) is 0. The van der Waals surface area contributed by atoms with Crippen LogP contribution in [0.15, 0.2) is 342 Å². The Morgan fingerprint density at radius 1 is 0.168 bits per heavy atom. The largest absolute Gasteiger partial charge is 0.456 e. The second-order valence-corrected chi connectivity index (χ2v) is 29.7. The number of hydrogen-bond acceptors (Lipinski definition) is 2. The molecule has 0 aliphatic heterocycles. The highest BCUT2D eigenvalue weighted by Gasteiger charge is 2.26. The Bertz CT molecular complexity index is 8430. The standard InChI is InChI=1S/C102H55N3O2/c1-2-12-56(13-3-1)57-26-28-58(29-27-57)61-33-40-89-82(48-61)85-53-67(54-86-97-70-17-7-5-15-60(70)32-44-91(97)105(89)101(85)86)68-18-8-20-74-72(68)39-45-92-98(74)79-25-11-21-75-80-49-62(34-41-87(80)104(92)100(75)79)63-36-46-93-83(50-63)84-51-64(37-47-94(84)106-93)65-30-38-73-77-23-9-19-71(102(77)107-95(73)55-65)66-35-42-88-81(52-66)76-22-10-24-78-96-69-16-6-4-14-59(69)31-43-90(96)103(88)99(76)78/h1-55H. The second-order valence-electron chi connectivity index (χ2n) is 29.7. The summed E-state index contributed by atoms with van der Waals surface area (Å²) in [4.78, 5) is 0. The molecule has 0 fully saturated rings. The van der Waals surface area contributed by atoms with Crippen LogP contribution in [0.3, 0.4) is 0 Å². The van der Waals surface area contributed by atoms with Crippen LogP contribution in [-0.2, 0) is 0 Å². The van der Waals surface area contributed by atoms with Crippen molar-refractivity contribution in [2.45, 2.75) is 0 Å². The van der Waals surface area contributed by atoms with E-state index in [0.717, 1.165) is 77.3 Å². The van der Waals surface area contributed by atoms with Gasteiger partial charge >= 0.3 is 0 Å². The van der Waals surface area contributed by atoms with Gasteiger partial charge in [0.05, 0.1) is 49.7 Å². The van der Waals surface area contributed by atoms with E-state index in [1.165, 1.54) is 180 Å². The van der Waals surface area contributed by atoms with Gasteiger partial charge in [0.1, 0.15) is 22.3 Å². The van der Waals surface area contributed by atoms with Crippen molar-refractivity contribution in [3.05, 3.63) is 334 Å². The monoisotopic (exact) mass is 1350 g/mol. The van der Waals surface area contributed by atoms with Crippen molar-refractivity contribution < 1.29 is 8.83 Å². The Hall–Kier alpha value is -14.3. The molecular formula is C102H55N3O2. The van der Waals surface area contributed by atoms with Crippen LogP contribution in [0.2, 0.25) is 0 Å². The number of fused-ring (bicyclic) bond motifs is 30. The van der Waals surface area contributed by atoms with Crippen molar-refractivity contribution in [2.75, 3.05) is 0 Å². The molecule has 5 heteroatoms. The highest BCUT2D eigenvalue weighted by Crippen LogP contribution is 2.51. The summed E-state index contributed by atoms with van der Waals surface area (Å²) < 4.78 is 21.1. The molecule has 0 radical (unpaired) electrons. The smallest absolute Gasteiger partial charge is 0.143 e. The zero-order valence-electron chi connectivity index (χ0n) is 57.4. The van der Waals surface area contributed by atoms with E-state index in [4.69, 9.17) is 8.83 Å². The summed E-state index contributed by atoms with van der Waals surface area (Å²) in [5, 5.41) is 27.2. The van der Waals surface area contributed by atoms with E-state index >= 15 is 0 Å². The molecule has 8 heterocycles. The Labute approximate surface area is 609 Å². The summed E-state index contributed by atoms with van der Waals surface area (Å²) in [5.41, 5.74) is 28.6. The topological polar surface area (TPSA) is 39.5 Å². The van der Waals surface area contributed by atoms with Gasteiger partial charge in [-0.1, -0.05) is 231 Å². The maximum Gasteiger partial charge on any atom is 0.143 e. The minimum atomic E-state index is 0.861. The van der Waals surface area contributed by atoms with E-state index in [9.17, 15) is 0 Å². The Kier molecular flexibility index (Phi) is 10.7. The fraction of sp³-hybridized carbons (Fsp3) is 0. The average Bonchev–Trinajstić information content (AvgIpc) is 1.54. The lowest BCUT2D eigenvalue weighted by Gasteiger charge is -2.11. The van der Waals surface area contributed by atoms with Gasteiger partial charge in [-0.3, -0.25) is 0 Å². The average molecular weight is 1350 g/mol. The number of furan rings is 2. The zero-order chi connectivity index (χ0) is 69.2. The van der Waals surface area contributed by atoms with Gasteiger partial charge in [-0.05, 0) is 197 Å². The van der Waals surface area contributed by atoms with Crippen molar-refractivity contribution in [2.24, 2.45) is 0 Å². The van der Waals surface area contributed by atoms with E-state index < -0.39 is 0 Å². The lowest BCUT2D eigenvalue weighted by molar-refractivity contribution is 0.669. The molecule has 0 N–H and O–H groups in total. The lowest BCUT2D eigenvalue weighted by atomic mass is 9.92. The Morgan fingerprint density at radius 3 is 1.21 bits per heavy atom. The van der Waals surface area contributed by atoms with Crippen LogP contribution >= 0.6 is 0 Å². The molecule has 18 aromatic carbocycles. The minimum absolute atomic E-state index is 0.861. The van der Waals surface area contributed by atoms with Gasteiger partial charge in [-0.25, -0.2) is 0 Å². The van der Waals surface area contributed by atoms with E-state index in [2.05, 4.69) is 347 Å². The lowest BCUT2D eigenvalue weighted by Crippen LogP contribution is -1.86. The van der Waals surface area contributed by atoms with Crippen molar-refractivity contribution in [3.63, 3.8) is 0 Å². The molecular weight excluding hydrogens is 1300 g/mol. The molecule has 0 aliphatic carbocycles. The molecule has 0 unspecified atom stereocenters. The van der Waals surface area contributed by atoms with Crippen LogP contribution in [0.4, 0.5) is 0 Å². The summed E-state index contributed by atoms with van der Waals surface area (Å²) >= 11 is 0. The predicted octanol–water partition coefficient (Wildman–Crippen LogP) is 28.4. The zero-order valence-corrected chi connectivity index (χ0v) is 57.4. The van der Waals surface area contributed by atoms with Crippen LogP contribution in [0.5, 0.6) is 0 Å². The third-order valence-electron chi connectivity index (χ3n) is 24.4. The molecule has 0 saturated carbocycles. The first-order chi connectivity index (χ1) is 53.0. The van der Waals surface area contributed by atoms with Gasteiger partial charge in [-0.2, -0.15) is 0 Å². The number of nitrogens with zero attached hydrogens (tertiary/aromatic N) is 3. The molecule has 0 aliphatic rings. The number of benzene rings is 18. The van der Waals surface area contributed by atoms with Crippen LogP contribution in [0, 0.1) is 0 Å². The number of aromatic nitrogens is 3. The van der Waals surface area contributed by atoms with E-state index in [0.29, 0.717) is 0 Å². The van der Waals surface area contributed by atoms with Crippen molar-refractivity contribution in [1.29, 1.82) is 0 Å². The number of hydrogen-bond donors (Lipinski definition) is 0. The summed E-state index contributed by atoms with van der Waals surface area (Å²) in [7, 11) is 0. The van der Waals surface area contributed by atoms with Crippen molar-refractivity contribution in [1.82, 2.24) is 13.2 Å². The quantitative estimate of drug-likeness (QED) is 0.166. The van der Waals surface area contributed by atoms with E-state index in [1.807, 2.05) is 0 Å². The molecule has 0 amide bonds. The molecule has 0 bridgehead atoms. The highest BCUT2D eigenvalue weighted by molar-refractivity contribution is 6.34. The fourth-order valence-electron chi connectivity index (χ4n) is 19.7. The SMILES string of the molecule is c1ccc(-c2ccc(-c3ccc4c(c3)c3cc(-c5cccc6c5ccc5c6c6cccc7c8cc(-c9ccc%10oc%11ccc(-c%12ccc%13c(c%12)oc%12c(-c%14ccc%15c(c%14)c%14cccc%16c%17c%18ccccc%18ccc%17n%15c%14%16)cccc%12%13)cc%11c%10c9)ccc8n5c76)cc5c6c7ccccc7ccc6n4c35)cc2)cc1. The maximum absolute atomic E-state index is 6.99.